The van der Waals surface area contributed by atoms with Gasteiger partial charge >= 0.3 is 6.55 Å². The third-order valence-electron chi connectivity index (χ3n) is 2.28. The molecule has 0 fully saturated rings. The van der Waals surface area contributed by atoms with Crippen molar-refractivity contribution in [2.75, 3.05) is 5.32 Å². The molecule has 0 radical (unpaired) electrons. The van der Waals surface area contributed by atoms with Crippen LogP contribution in [0.4, 0.5) is 14.6 Å². The van der Waals surface area contributed by atoms with Gasteiger partial charge in [-0.15, -0.1) is 0 Å². The Balaban J connectivity index is 2.15. The van der Waals surface area contributed by atoms with Gasteiger partial charge in [0.15, 0.2) is 5.69 Å². The normalized spacial score (nSPS) is 10.7. The molecule has 7 heteroatoms. The van der Waals surface area contributed by atoms with Gasteiger partial charge in [-0.1, -0.05) is 6.07 Å². The van der Waals surface area contributed by atoms with Crippen molar-refractivity contribution in [1.29, 1.82) is 0 Å². The second kappa shape index (κ2) is 4.91. The van der Waals surface area contributed by atoms with Gasteiger partial charge in [-0.25, -0.2) is 9.67 Å². The Morgan fingerprint density at radius 1 is 1.44 bits per heavy atom. The van der Waals surface area contributed by atoms with E-state index in [-0.39, 0.29) is 5.69 Å². The summed E-state index contributed by atoms with van der Waals surface area (Å²) in [7, 11) is 0. The van der Waals surface area contributed by atoms with Crippen molar-refractivity contribution in [3.63, 3.8) is 0 Å². The molecule has 94 valence electrons. The fourth-order valence-corrected chi connectivity index (χ4v) is 1.36. The maximum Gasteiger partial charge on any atom is 0.333 e. The largest absolute Gasteiger partial charge is 0.333 e. The number of aromatic nitrogens is 3. The number of halogens is 2. The zero-order valence-electron chi connectivity index (χ0n) is 9.47. The Labute approximate surface area is 101 Å². The molecular formula is C11H10F2N4O. The molecule has 0 aliphatic carbocycles. The van der Waals surface area contributed by atoms with Gasteiger partial charge in [0.05, 0.1) is 0 Å². The molecule has 18 heavy (non-hydrogen) atoms. The van der Waals surface area contributed by atoms with Crippen LogP contribution in [-0.2, 0) is 0 Å². The molecule has 1 amide bonds. The first-order chi connectivity index (χ1) is 8.58. The molecule has 0 aromatic carbocycles. The van der Waals surface area contributed by atoms with Crippen LogP contribution < -0.4 is 5.32 Å². The Bertz CT molecular complexity index is 568. The molecule has 0 bridgehead atoms. The molecule has 0 aliphatic heterocycles. The van der Waals surface area contributed by atoms with Crippen molar-refractivity contribution in [2.24, 2.45) is 0 Å². The summed E-state index contributed by atoms with van der Waals surface area (Å²) in [5, 5.41) is 5.97. The fourth-order valence-electron chi connectivity index (χ4n) is 1.36. The number of hydrogen-bond acceptors (Lipinski definition) is 3. The second-order valence-corrected chi connectivity index (χ2v) is 3.58. The standard InChI is InChI=1S/C11H10F2N4O/c1-7-3-2-5-14-9(7)15-10(18)8-4-6-17(16-8)11(12)13/h2-6,11H,1H3,(H,14,15,18). The number of nitrogens with one attached hydrogen (secondary N) is 1. The molecule has 0 unspecified atom stereocenters. The molecule has 5 nitrogen and oxygen atoms in total. The minimum atomic E-state index is -2.76. The lowest BCUT2D eigenvalue weighted by atomic mass is 10.3. The summed E-state index contributed by atoms with van der Waals surface area (Å²) >= 11 is 0. The number of rotatable bonds is 3. The molecule has 2 heterocycles. The van der Waals surface area contributed by atoms with Gasteiger partial charge in [-0.3, -0.25) is 4.79 Å². The molecule has 0 saturated heterocycles. The Morgan fingerprint density at radius 2 is 2.22 bits per heavy atom. The van der Waals surface area contributed by atoms with Crippen molar-refractivity contribution in [2.45, 2.75) is 13.5 Å². The van der Waals surface area contributed by atoms with Crippen molar-refractivity contribution in [3.8, 4) is 0 Å². The SMILES string of the molecule is Cc1cccnc1NC(=O)c1ccn(C(F)F)n1. The summed E-state index contributed by atoms with van der Waals surface area (Å²) in [6.45, 7) is -0.983. The molecule has 0 spiro atoms. The lowest BCUT2D eigenvalue weighted by molar-refractivity contribution is 0.0561. The van der Waals surface area contributed by atoms with Crippen molar-refractivity contribution < 1.29 is 13.6 Å². The van der Waals surface area contributed by atoms with Crippen LogP contribution in [0.25, 0.3) is 0 Å². The Hall–Kier alpha value is -2.31. The van der Waals surface area contributed by atoms with E-state index in [0.29, 0.717) is 10.5 Å². The molecule has 0 aliphatic rings. The number of hydrogen-bond donors (Lipinski definition) is 1. The third kappa shape index (κ3) is 2.50. The summed E-state index contributed by atoms with van der Waals surface area (Å²) in [4.78, 5) is 15.7. The van der Waals surface area contributed by atoms with Gasteiger partial charge in [0.1, 0.15) is 5.82 Å². The van der Waals surface area contributed by atoms with Crippen LogP contribution in [0.1, 0.15) is 22.6 Å². The summed E-state index contributed by atoms with van der Waals surface area (Å²) in [6, 6.07) is 4.73. The first-order valence-electron chi connectivity index (χ1n) is 5.14. The average molecular weight is 252 g/mol. The van der Waals surface area contributed by atoms with Crippen LogP contribution in [0, 0.1) is 6.92 Å². The average Bonchev–Trinajstić information content (AvgIpc) is 2.81. The zero-order chi connectivity index (χ0) is 13.1. The predicted molar refractivity (Wildman–Crippen MR) is 60.4 cm³/mol. The van der Waals surface area contributed by atoms with Crippen LogP contribution in [0.15, 0.2) is 30.6 Å². The van der Waals surface area contributed by atoms with Crippen molar-refractivity contribution in [1.82, 2.24) is 14.8 Å². The Kier molecular flexibility index (Phi) is 3.31. The lowest BCUT2D eigenvalue weighted by Crippen LogP contribution is -2.15. The first-order valence-corrected chi connectivity index (χ1v) is 5.14. The summed E-state index contributed by atoms with van der Waals surface area (Å²) in [5.41, 5.74) is 0.694. The van der Waals surface area contributed by atoms with Crippen molar-refractivity contribution >= 4 is 11.7 Å². The van der Waals surface area contributed by atoms with Gasteiger partial charge in [0.2, 0.25) is 0 Å². The molecule has 2 rings (SSSR count). The number of carbonyl (C=O) groups excluding carboxylic acids is 1. The number of anilines is 1. The number of aryl methyl sites for hydroxylation is 1. The van der Waals surface area contributed by atoms with E-state index in [1.54, 1.807) is 19.1 Å². The number of amides is 1. The highest BCUT2D eigenvalue weighted by Gasteiger charge is 2.14. The van der Waals surface area contributed by atoms with Crippen LogP contribution >= 0.6 is 0 Å². The highest BCUT2D eigenvalue weighted by Crippen LogP contribution is 2.12. The highest BCUT2D eigenvalue weighted by atomic mass is 19.3. The van der Waals surface area contributed by atoms with Crippen LogP contribution in [-0.4, -0.2) is 20.7 Å². The topological polar surface area (TPSA) is 59.8 Å². The molecule has 2 aromatic heterocycles. The summed E-state index contributed by atoms with van der Waals surface area (Å²) in [6.07, 6.45) is 2.57. The first kappa shape index (κ1) is 12.2. The van der Waals surface area contributed by atoms with Crippen LogP contribution in [0.5, 0.6) is 0 Å². The van der Waals surface area contributed by atoms with Crippen molar-refractivity contribution in [3.05, 3.63) is 41.9 Å². The maximum absolute atomic E-state index is 12.3. The molecule has 0 saturated carbocycles. The molecule has 1 N–H and O–H groups in total. The number of alkyl halides is 2. The number of carbonyl (C=O) groups is 1. The second-order valence-electron chi connectivity index (χ2n) is 3.58. The number of pyridine rings is 1. The smallest absolute Gasteiger partial charge is 0.305 e. The van der Waals surface area contributed by atoms with E-state index < -0.39 is 12.5 Å². The van der Waals surface area contributed by atoms with E-state index in [0.717, 1.165) is 11.8 Å². The van der Waals surface area contributed by atoms with Crippen LogP contribution in [0.3, 0.4) is 0 Å². The summed E-state index contributed by atoms with van der Waals surface area (Å²) < 4.78 is 25.0. The van der Waals surface area contributed by atoms with Gasteiger partial charge in [0.25, 0.3) is 5.91 Å². The van der Waals surface area contributed by atoms with Gasteiger partial charge in [-0.2, -0.15) is 13.9 Å². The molecule has 2 aromatic rings. The lowest BCUT2D eigenvalue weighted by Gasteiger charge is -2.04. The van der Waals surface area contributed by atoms with E-state index in [4.69, 9.17) is 0 Å². The Morgan fingerprint density at radius 3 is 2.83 bits per heavy atom. The van der Waals surface area contributed by atoms with E-state index >= 15 is 0 Å². The summed E-state index contributed by atoms with van der Waals surface area (Å²) in [5.74, 6) is -0.190. The zero-order valence-corrected chi connectivity index (χ0v) is 9.47. The molecule has 0 atom stereocenters. The minimum Gasteiger partial charge on any atom is -0.305 e. The van der Waals surface area contributed by atoms with Gasteiger partial charge in [0, 0.05) is 12.4 Å². The maximum atomic E-state index is 12.3. The van der Waals surface area contributed by atoms with E-state index in [1.165, 1.54) is 12.3 Å². The van der Waals surface area contributed by atoms with E-state index in [9.17, 15) is 13.6 Å². The highest BCUT2D eigenvalue weighted by molar-refractivity contribution is 6.02. The van der Waals surface area contributed by atoms with Crippen LogP contribution in [0.2, 0.25) is 0 Å². The third-order valence-corrected chi connectivity index (χ3v) is 2.28. The molecular weight excluding hydrogens is 242 g/mol. The van der Waals surface area contributed by atoms with E-state index in [2.05, 4.69) is 15.4 Å². The minimum absolute atomic E-state index is 0.0830. The monoisotopic (exact) mass is 252 g/mol. The quantitative estimate of drug-likeness (QED) is 0.911. The number of nitrogens with zero attached hydrogens (tertiary/aromatic N) is 3. The van der Waals surface area contributed by atoms with E-state index in [1.807, 2.05) is 0 Å². The fraction of sp³-hybridized carbons (Fsp3) is 0.182. The van der Waals surface area contributed by atoms with Gasteiger partial charge < -0.3 is 5.32 Å². The van der Waals surface area contributed by atoms with Gasteiger partial charge in [-0.05, 0) is 24.6 Å². The predicted octanol–water partition coefficient (Wildman–Crippen LogP) is 2.23.